The first-order chi connectivity index (χ1) is 11.3. The Kier molecular flexibility index (Phi) is 3.06. The average Bonchev–Trinajstić information content (AvgIpc) is 2.46. The van der Waals surface area contributed by atoms with E-state index in [-0.39, 0.29) is 11.1 Å². The predicted molar refractivity (Wildman–Crippen MR) is 96.3 cm³/mol. The van der Waals surface area contributed by atoms with Crippen LogP contribution < -0.4 is 10.9 Å². The summed E-state index contributed by atoms with van der Waals surface area (Å²) in [5, 5.41) is 5.67. The van der Waals surface area contributed by atoms with Crippen molar-refractivity contribution in [3.63, 3.8) is 0 Å². The summed E-state index contributed by atoms with van der Waals surface area (Å²) in [5.41, 5.74) is 1.88. The quantitative estimate of drug-likeness (QED) is 0.442. The Balaban J connectivity index is 2.23. The molecule has 2 heterocycles. The Bertz CT molecular complexity index is 1110. The van der Waals surface area contributed by atoms with Gasteiger partial charge in [-0.1, -0.05) is 17.7 Å². The summed E-state index contributed by atoms with van der Waals surface area (Å²) >= 11 is 6.50. The standard InChI is InChI=1S/C19H15ClFNO2/c1-9-8-19(2,3)22-17-13(20)7-12-11-5-4-10(21)6-14(11)24-18(23)16(12)15(9)17/h4-8,22H,1-3H3. The molecule has 0 bridgehead atoms. The van der Waals surface area contributed by atoms with Gasteiger partial charge in [0.05, 0.1) is 21.6 Å². The zero-order valence-corrected chi connectivity index (χ0v) is 14.2. The minimum atomic E-state index is -0.495. The van der Waals surface area contributed by atoms with Crippen LogP contribution in [0.1, 0.15) is 26.3 Å². The van der Waals surface area contributed by atoms with Crippen molar-refractivity contribution < 1.29 is 8.81 Å². The first-order valence-electron chi connectivity index (χ1n) is 7.63. The van der Waals surface area contributed by atoms with Crippen molar-refractivity contribution in [2.24, 2.45) is 0 Å². The van der Waals surface area contributed by atoms with E-state index < -0.39 is 11.4 Å². The van der Waals surface area contributed by atoms with Crippen molar-refractivity contribution in [1.82, 2.24) is 0 Å². The second-order valence-electron chi connectivity index (χ2n) is 6.73. The Hall–Kier alpha value is -2.33. The van der Waals surface area contributed by atoms with E-state index in [4.69, 9.17) is 16.0 Å². The molecule has 0 fully saturated rings. The summed E-state index contributed by atoms with van der Waals surface area (Å²) in [6.07, 6.45) is 2.05. The first kappa shape index (κ1) is 15.2. The third-order valence-corrected chi connectivity index (χ3v) is 4.64. The number of nitrogens with one attached hydrogen (secondary N) is 1. The zero-order chi connectivity index (χ0) is 17.2. The number of halogens is 2. The van der Waals surface area contributed by atoms with Crippen LogP contribution in [0.25, 0.3) is 27.3 Å². The van der Waals surface area contributed by atoms with Gasteiger partial charge in [-0.15, -0.1) is 0 Å². The number of anilines is 1. The molecule has 122 valence electrons. The predicted octanol–water partition coefficient (Wildman–Crippen LogP) is 5.35. The summed E-state index contributed by atoms with van der Waals surface area (Å²) in [7, 11) is 0. The van der Waals surface area contributed by atoms with Gasteiger partial charge in [0, 0.05) is 22.4 Å². The number of hydrogen-bond donors (Lipinski definition) is 1. The molecule has 3 aromatic rings. The highest BCUT2D eigenvalue weighted by atomic mass is 35.5. The zero-order valence-electron chi connectivity index (χ0n) is 13.5. The molecule has 4 rings (SSSR count). The number of allylic oxidation sites excluding steroid dienone is 1. The molecule has 1 aromatic heterocycles. The van der Waals surface area contributed by atoms with Gasteiger partial charge in [0.25, 0.3) is 0 Å². The van der Waals surface area contributed by atoms with Crippen molar-refractivity contribution in [3.8, 4) is 0 Å². The maximum absolute atomic E-state index is 13.5. The van der Waals surface area contributed by atoms with Gasteiger partial charge in [-0.05, 0) is 44.5 Å². The van der Waals surface area contributed by atoms with Gasteiger partial charge in [0.15, 0.2) is 0 Å². The van der Waals surface area contributed by atoms with Crippen LogP contribution in [0, 0.1) is 5.82 Å². The molecule has 5 heteroatoms. The normalized spacial score (nSPS) is 16.0. The van der Waals surface area contributed by atoms with Gasteiger partial charge < -0.3 is 9.73 Å². The molecule has 0 aliphatic carbocycles. The number of fused-ring (bicyclic) bond motifs is 5. The van der Waals surface area contributed by atoms with Crippen molar-refractivity contribution in [2.75, 3.05) is 5.32 Å². The van der Waals surface area contributed by atoms with E-state index in [1.54, 1.807) is 12.1 Å². The lowest BCUT2D eigenvalue weighted by Gasteiger charge is -2.32. The van der Waals surface area contributed by atoms with Gasteiger partial charge in [0.1, 0.15) is 11.4 Å². The van der Waals surface area contributed by atoms with Crippen LogP contribution in [0.4, 0.5) is 10.1 Å². The molecule has 2 aromatic carbocycles. The summed E-state index contributed by atoms with van der Waals surface area (Å²) in [5.74, 6) is -0.450. The van der Waals surface area contributed by atoms with E-state index in [1.807, 2.05) is 20.8 Å². The second kappa shape index (κ2) is 4.84. The molecule has 0 saturated heterocycles. The van der Waals surface area contributed by atoms with Crippen molar-refractivity contribution in [1.29, 1.82) is 0 Å². The molecule has 24 heavy (non-hydrogen) atoms. The first-order valence-corrected chi connectivity index (χ1v) is 8.01. The van der Waals surface area contributed by atoms with Crippen LogP contribution in [0.3, 0.4) is 0 Å². The topological polar surface area (TPSA) is 42.2 Å². The van der Waals surface area contributed by atoms with Gasteiger partial charge >= 0.3 is 5.63 Å². The lowest BCUT2D eigenvalue weighted by molar-refractivity contribution is 0.561. The van der Waals surface area contributed by atoms with Crippen LogP contribution in [-0.4, -0.2) is 5.54 Å². The van der Waals surface area contributed by atoms with Crippen LogP contribution in [0.15, 0.2) is 39.6 Å². The van der Waals surface area contributed by atoms with Crippen LogP contribution in [-0.2, 0) is 0 Å². The summed E-state index contributed by atoms with van der Waals surface area (Å²) in [6, 6.07) is 5.92. The highest BCUT2D eigenvalue weighted by molar-refractivity contribution is 6.35. The lowest BCUT2D eigenvalue weighted by Crippen LogP contribution is -2.32. The Morgan fingerprint density at radius 1 is 1.21 bits per heavy atom. The molecule has 1 aliphatic heterocycles. The summed E-state index contributed by atoms with van der Waals surface area (Å²) < 4.78 is 18.8. The number of rotatable bonds is 0. The highest BCUT2D eigenvalue weighted by Crippen LogP contribution is 2.43. The van der Waals surface area contributed by atoms with Crippen LogP contribution >= 0.6 is 11.6 Å². The van der Waals surface area contributed by atoms with E-state index in [0.29, 0.717) is 21.2 Å². The molecule has 0 radical (unpaired) electrons. The largest absolute Gasteiger partial charge is 0.422 e. The Morgan fingerprint density at radius 2 is 1.96 bits per heavy atom. The van der Waals surface area contributed by atoms with Gasteiger partial charge in [-0.25, -0.2) is 9.18 Å². The molecule has 0 amide bonds. The third-order valence-electron chi connectivity index (χ3n) is 4.34. The van der Waals surface area contributed by atoms with Gasteiger partial charge in [-0.3, -0.25) is 0 Å². The number of benzene rings is 2. The monoisotopic (exact) mass is 343 g/mol. The van der Waals surface area contributed by atoms with E-state index >= 15 is 0 Å². The lowest BCUT2D eigenvalue weighted by atomic mass is 9.88. The summed E-state index contributed by atoms with van der Waals surface area (Å²) in [6.45, 7) is 6.02. The smallest absolute Gasteiger partial charge is 0.344 e. The highest BCUT2D eigenvalue weighted by Gasteiger charge is 2.28. The third kappa shape index (κ3) is 2.13. The SMILES string of the molecule is CC1=CC(C)(C)Nc2c(Cl)cc3c(c21)c(=O)oc1cc(F)ccc13. The Morgan fingerprint density at radius 3 is 2.71 bits per heavy atom. The van der Waals surface area contributed by atoms with Crippen molar-refractivity contribution >= 4 is 44.6 Å². The van der Waals surface area contributed by atoms with Gasteiger partial charge in [-0.2, -0.15) is 0 Å². The van der Waals surface area contributed by atoms with Gasteiger partial charge in [0.2, 0.25) is 0 Å². The molecule has 1 N–H and O–H groups in total. The second-order valence-corrected chi connectivity index (χ2v) is 7.14. The fraction of sp³-hybridized carbons (Fsp3) is 0.211. The van der Waals surface area contributed by atoms with E-state index in [2.05, 4.69) is 11.4 Å². The Labute approximate surface area is 142 Å². The molecule has 3 nitrogen and oxygen atoms in total. The molecule has 0 unspecified atom stereocenters. The molecular formula is C19H15ClFNO2. The maximum atomic E-state index is 13.5. The molecule has 0 spiro atoms. The van der Waals surface area contributed by atoms with E-state index in [0.717, 1.165) is 16.8 Å². The molecule has 0 saturated carbocycles. The van der Waals surface area contributed by atoms with Crippen LogP contribution in [0.5, 0.6) is 0 Å². The van der Waals surface area contributed by atoms with Crippen molar-refractivity contribution in [3.05, 3.63) is 57.2 Å². The minimum Gasteiger partial charge on any atom is -0.422 e. The van der Waals surface area contributed by atoms with E-state index in [1.165, 1.54) is 12.1 Å². The maximum Gasteiger partial charge on any atom is 0.344 e. The molecular weight excluding hydrogens is 329 g/mol. The minimum absolute atomic E-state index is 0.217. The average molecular weight is 344 g/mol. The number of hydrogen-bond acceptors (Lipinski definition) is 3. The summed E-state index contributed by atoms with van der Waals surface area (Å²) in [4.78, 5) is 12.6. The van der Waals surface area contributed by atoms with Crippen LogP contribution in [0.2, 0.25) is 5.02 Å². The fourth-order valence-corrected chi connectivity index (χ4v) is 3.77. The molecule has 0 atom stereocenters. The fourth-order valence-electron chi connectivity index (χ4n) is 3.52. The van der Waals surface area contributed by atoms with E-state index in [9.17, 15) is 9.18 Å². The molecule has 1 aliphatic rings. The van der Waals surface area contributed by atoms with Crippen molar-refractivity contribution in [2.45, 2.75) is 26.3 Å².